The Bertz CT molecular complexity index is 1050. The van der Waals surface area contributed by atoms with E-state index in [-0.39, 0.29) is 0 Å². The van der Waals surface area contributed by atoms with E-state index < -0.39 is 7.05 Å². The zero-order valence-electron chi connectivity index (χ0n) is 15.3. The van der Waals surface area contributed by atoms with Crippen molar-refractivity contribution in [3.8, 4) is 0 Å². The lowest BCUT2D eigenvalue weighted by Gasteiger charge is -2.27. The maximum absolute atomic E-state index is 6.56. The summed E-state index contributed by atoms with van der Waals surface area (Å²) in [6.45, 7) is 0. The predicted octanol–water partition coefficient (Wildman–Crippen LogP) is 7.46. The second-order valence-corrected chi connectivity index (χ2v) is 10.7. The summed E-state index contributed by atoms with van der Waals surface area (Å²) in [5.74, 6) is 0. The van der Waals surface area contributed by atoms with Gasteiger partial charge in [-0.05, 0) is 12.1 Å². The van der Waals surface area contributed by atoms with Gasteiger partial charge in [0.1, 0.15) is 0 Å². The van der Waals surface area contributed by atoms with Crippen LogP contribution >= 0.6 is 41.9 Å². The molecule has 144 valence electrons. The van der Waals surface area contributed by atoms with Gasteiger partial charge in [0.05, 0.1) is 22.8 Å². The maximum Gasteiger partial charge on any atom is 0.0998 e. The molecule has 29 heavy (non-hydrogen) atoms. The molecular formula is C24H17Cl3NP. The number of halogens is 3. The summed E-state index contributed by atoms with van der Waals surface area (Å²) in [5, 5.41) is 4.74. The van der Waals surface area contributed by atoms with E-state index in [4.69, 9.17) is 39.5 Å². The van der Waals surface area contributed by atoms with Gasteiger partial charge in [0.2, 0.25) is 0 Å². The van der Waals surface area contributed by atoms with E-state index in [2.05, 4.69) is 36.4 Å². The molecule has 0 unspecified atom stereocenters. The standard InChI is InChI=1S/C24H17Cl3NP/c25-18-16-22(26)24(23(27)17-18)28-29(19-10-4-1-5-11-19,20-12-6-2-7-13-20)21-14-8-3-9-15-21/h1-17H. The first-order valence-corrected chi connectivity index (χ1v) is 11.9. The van der Waals surface area contributed by atoms with Gasteiger partial charge in [0.15, 0.2) is 0 Å². The van der Waals surface area contributed by atoms with Crippen molar-refractivity contribution in [3.05, 3.63) is 118 Å². The van der Waals surface area contributed by atoms with Crippen LogP contribution in [-0.2, 0) is 0 Å². The molecule has 0 saturated heterocycles. The minimum absolute atomic E-state index is 0.440. The SMILES string of the molecule is Clc1cc(Cl)c(N=P(c2ccccc2)(c2ccccc2)c2ccccc2)c(Cl)c1. The fourth-order valence-corrected chi connectivity index (χ4v) is 7.92. The molecule has 1 nitrogen and oxygen atoms in total. The summed E-state index contributed by atoms with van der Waals surface area (Å²) in [6.07, 6.45) is 0. The number of benzene rings is 4. The molecule has 0 aliphatic heterocycles. The Morgan fingerprint density at radius 1 is 0.517 bits per heavy atom. The predicted molar refractivity (Wildman–Crippen MR) is 129 cm³/mol. The highest BCUT2D eigenvalue weighted by Gasteiger charge is 2.28. The summed E-state index contributed by atoms with van der Waals surface area (Å²) >= 11 is 19.3. The molecule has 0 atom stereocenters. The van der Waals surface area contributed by atoms with Crippen molar-refractivity contribution in [1.29, 1.82) is 0 Å². The number of hydrogen-bond acceptors (Lipinski definition) is 1. The fourth-order valence-electron chi connectivity index (χ4n) is 3.33. The van der Waals surface area contributed by atoms with E-state index >= 15 is 0 Å². The topological polar surface area (TPSA) is 12.4 Å². The van der Waals surface area contributed by atoms with Crippen LogP contribution in [0.2, 0.25) is 15.1 Å². The lowest BCUT2D eigenvalue weighted by atomic mass is 10.3. The first-order chi connectivity index (χ1) is 14.1. The minimum Gasteiger partial charge on any atom is -0.251 e. The Balaban J connectivity index is 2.18. The van der Waals surface area contributed by atoms with Crippen LogP contribution < -0.4 is 15.9 Å². The highest BCUT2D eigenvalue weighted by Crippen LogP contribution is 2.52. The maximum atomic E-state index is 6.56. The monoisotopic (exact) mass is 455 g/mol. The van der Waals surface area contributed by atoms with Gasteiger partial charge < -0.3 is 0 Å². The van der Waals surface area contributed by atoms with E-state index in [1.807, 2.05) is 54.6 Å². The van der Waals surface area contributed by atoms with E-state index in [1.54, 1.807) is 12.1 Å². The first kappa shape index (κ1) is 20.3. The Labute approximate surface area is 186 Å². The molecule has 0 aliphatic carbocycles. The Morgan fingerprint density at radius 2 is 0.862 bits per heavy atom. The van der Waals surface area contributed by atoms with Gasteiger partial charge >= 0.3 is 0 Å². The van der Waals surface area contributed by atoms with Crippen molar-refractivity contribution in [2.75, 3.05) is 0 Å². The molecule has 0 amide bonds. The normalized spacial score (nSPS) is 11.3. The molecule has 0 N–H and O–H groups in total. The van der Waals surface area contributed by atoms with E-state index in [1.165, 1.54) is 0 Å². The molecule has 0 aromatic heterocycles. The smallest absolute Gasteiger partial charge is 0.0998 e. The van der Waals surface area contributed by atoms with E-state index in [9.17, 15) is 0 Å². The summed E-state index contributed by atoms with van der Waals surface area (Å²) in [7, 11) is -2.43. The Hall–Kier alpha value is -2.02. The van der Waals surface area contributed by atoms with Crippen molar-refractivity contribution in [2.24, 2.45) is 4.74 Å². The molecule has 0 radical (unpaired) electrons. The van der Waals surface area contributed by atoms with Crippen LogP contribution in [0.3, 0.4) is 0 Å². The molecule has 0 fully saturated rings. The third-order valence-electron chi connectivity index (χ3n) is 4.62. The van der Waals surface area contributed by atoms with Crippen LogP contribution in [0.25, 0.3) is 0 Å². The van der Waals surface area contributed by atoms with Gasteiger partial charge in [0.25, 0.3) is 0 Å². The summed E-state index contributed by atoms with van der Waals surface area (Å²) in [6, 6.07) is 34.3. The average molecular weight is 457 g/mol. The second-order valence-electron chi connectivity index (χ2n) is 6.46. The van der Waals surface area contributed by atoms with Gasteiger partial charge in [-0.25, -0.2) is 0 Å². The molecule has 4 aromatic rings. The van der Waals surface area contributed by atoms with Crippen molar-refractivity contribution in [3.63, 3.8) is 0 Å². The number of hydrogen-bond donors (Lipinski definition) is 0. The molecule has 5 heteroatoms. The van der Waals surface area contributed by atoms with Gasteiger partial charge in [-0.2, -0.15) is 0 Å². The first-order valence-electron chi connectivity index (χ1n) is 9.05. The fraction of sp³-hybridized carbons (Fsp3) is 0. The molecule has 0 aliphatic rings. The van der Waals surface area contributed by atoms with Gasteiger partial charge in [-0.3, -0.25) is 4.74 Å². The lowest BCUT2D eigenvalue weighted by molar-refractivity contribution is 1.54. The van der Waals surface area contributed by atoms with Gasteiger partial charge in [0, 0.05) is 20.9 Å². The third kappa shape index (κ3) is 4.02. The van der Waals surface area contributed by atoms with Crippen LogP contribution in [0.15, 0.2) is 108 Å². The van der Waals surface area contributed by atoms with Crippen LogP contribution in [0.5, 0.6) is 0 Å². The molecule has 0 heterocycles. The summed E-state index contributed by atoms with van der Waals surface area (Å²) in [4.78, 5) is 0. The van der Waals surface area contributed by atoms with Crippen LogP contribution in [-0.4, -0.2) is 0 Å². The quantitative estimate of drug-likeness (QED) is 0.283. The van der Waals surface area contributed by atoms with Crippen molar-refractivity contribution >= 4 is 63.5 Å². The van der Waals surface area contributed by atoms with Gasteiger partial charge in [-0.15, -0.1) is 0 Å². The zero-order chi connectivity index (χ0) is 20.3. The highest BCUT2D eigenvalue weighted by atomic mass is 35.5. The zero-order valence-corrected chi connectivity index (χ0v) is 18.5. The van der Waals surface area contributed by atoms with E-state index in [0.29, 0.717) is 20.8 Å². The van der Waals surface area contributed by atoms with E-state index in [0.717, 1.165) is 15.9 Å². The molecule has 4 rings (SSSR count). The molecular weight excluding hydrogens is 440 g/mol. The number of rotatable bonds is 4. The van der Waals surface area contributed by atoms with Crippen molar-refractivity contribution in [2.45, 2.75) is 0 Å². The molecule has 0 saturated carbocycles. The van der Waals surface area contributed by atoms with Crippen molar-refractivity contribution in [1.82, 2.24) is 0 Å². The number of nitrogens with zero attached hydrogens (tertiary/aromatic N) is 1. The Morgan fingerprint density at radius 3 is 1.21 bits per heavy atom. The van der Waals surface area contributed by atoms with Crippen LogP contribution in [0, 0.1) is 0 Å². The second kappa shape index (κ2) is 8.78. The molecule has 4 aromatic carbocycles. The highest BCUT2D eigenvalue weighted by molar-refractivity contribution is 7.87. The Kier molecular flexibility index (Phi) is 6.13. The summed E-state index contributed by atoms with van der Waals surface area (Å²) < 4.78 is 5.33. The van der Waals surface area contributed by atoms with Crippen molar-refractivity contribution < 1.29 is 0 Å². The van der Waals surface area contributed by atoms with Crippen LogP contribution in [0.1, 0.15) is 0 Å². The lowest BCUT2D eigenvalue weighted by Crippen LogP contribution is -2.25. The third-order valence-corrected chi connectivity index (χ3v) is 9.05. The van der Waals surface area contributed by atoms with Crippen LogP contribution in [0.4, 0.5) is 5.69 Å². The average Bonchev–Trinajstić information content (AvgIpc) is 2.75. The minimum atomic E-state index is -2.43. The van der Waals surface area contributed by atoms with Gasteiger partial charge in [-0.1, -0.05) is 126 Å². The summed E-state index contributed by atoms with van der Waals surface area (Å²) in [5.41, 5.74) is 0.558. The molecule has 0 bridgehead atoms. The molecule has 0 spiro atoms. The largest absolute Gasteiger partial charge is 0.251 e.